The highest BCUT2D eigenvalue weighted by Crippen LogP contribution is 2.20. The van der Waals surface area contributed by atoms with Crippen LogP contribution in [0.4, 0.5) is 0 Å². The summed E-state index contributed by atoms with van der Waals surface area (Å²) in [6.07, 6.45) is -0.0235. The van der Waals surface area contributed by atoms with Crippen LogP contribution in [-0.2, 0) is 34.3 Å². The molecule has 4 aromatic rings. The molecular formula is C25H24N2O3S. The Bertz CT molecular complexity index is 1280. The van der Waals surface area contributed by atoms with Gasteiger partial charge in [-0.05, 0) is 47.9 Å². The number of benzene rings is 3. The number of aromatic nitrogens is 2. The monoisotopic (exact) mass is 432 g/mol. The van der Waals surface area contributed by atoms with Crippen LogP contribution in [0.1, 0.15) is 28.1 Å². The third-order valence-electron chi connectivity index (χ3n) is 5.49. The van der Waals surface area contributed by atoms with Crippen molar-refractivity contribution in [3.8, 4) is 0 Å². The Balaban J connectivity index is 1.46. The maximum atomic E-state index is 12.9. The minimum Gasteiger partial charge on any atom is -0.481 e. The number of rotatable bonds is 7. The number of carboxylic acids is 1. The van der Waals surface area contributed by atoms with E-state index in [2.05, 4.69) is 29.4 Å². The van der Waals surface area contributed by atoms with Gasteiger partial charge >= 0.3 is 5.97 Å². The van der Waals surface area contributed by atoms with E-state index in [1.54, 1.807) is 0 Å². The molecule has 0 aliphatic carbocycles. The Morgan fingerprint density at radius 1 is 0.968 bits per heavy atom. The predicted molar refractivity (Wildman–Crippen MR) is 123 cm³/mol. The molecule has 31 heavy (non-hydrogen) atoms. The van der Waals surface area contributed by atoms with Crippen LogP contribution in [-0.4, -0.2) is 25.1 Å². The second-order valence-electron chi connectivity index (χ2n) is 7.69. The highest BCUT2D eigenvalue weighted by atomic mass is 32.2. The minimum absolute atomic E-state index is 0.0235. The Kier molecular flexibility index (Phi) is 6.00. The highest BCUT2D eigenvalue weighted by molar-refractivity contribution is 7.84. The molecule has 158 valence electrons. The molecule has 4 rings (SSSR count). The largest absolute Gasteiger partial charge is 0.481 e. The van der Waals surface area contributed by atoms with E-state index in [9.17, 15) is 9.00 Å². The summed E-state index contributed by atoms with van der Waals surface area (Å²) >= 11 is 0. The topological polar surface area (TPSA) is 72.2 Å². The number of carbonyl (C=O) groups is 1. The van der Waals surface area contributed by atoms with Gasteiger partial charge in [-0.1, -0.05) is 54.6 Å². The molecule has 3 aromatic carbocycles. The molecule has 0 saturated carbocycles. The molecule has 0 amide bonds. The van der Waals surface area contributed by atoms with Gasteiger partial charge in [0, 0.05) is 16.2 Å². The fraction of sp³-hybridized carbons (Fsp3) is 0.200. The molecule has 0 bridgehead atoms. The number of fused-ring (bicyclic) bond motifs is 1. The van der Waals surface area contributed by atoms with E-state index < -0.39 is 16.8 Å². The maximum absolute atomic E-state index is 12.9. The average Bonchev–Trinajstić information content (AvgIpc) is 3.01. The zero-order valence-electron chi connectivity index (χ0n) is 17.5. The molecule has 0 aliphatic rings. The van der Waals surface area contributed by atoms with Crippen molar-refractivity contribution in [2.24, 2.45) is 0 Å². The highest BCUT2D eigenvalue weighted by Gasteiger charge is 2.15. The molecule has 0 saturated heterocycles. The first-order valence-electron chi connectivity index (χ1n) is 10.1. The fourth-order valence-corrected chi connectivity index (χ4v) is 4.87. The third kappa shape index (κ3) is 4.75. The van der Waals surface area contributed by atoms with Crippen molar-refractivity contribution in [3.63, 3.8) is 0 Å². The van der Waals surface area contributed by atoms with Crippen molar-refractivity contribution in [1.29, 1.82) is 0 Å². The number of aliphatic carboxylic acids is 1. The molecule has 0 fully saturated rings. The summed E-state index contributed by atoms with van der Waals surface area (Å²) in [5, 5.41) is 15.9. The molecular weight excluding hydrogens is 408 g/mol. The average molecular weight is 433 g/mol. The lowest BCUT2D eigenvalue weighted by Crippen LogP contribution is -2.06. The van der Waals surface area contributed by atoms with E-state index >= 15 is 0 Å². The SMILES string of the molecule is Cc1nn(Cc2ccc(S(=O)Cc3ccc4ccccc4c3)cc2)c(C)c1CC(=O)O. The minimum atomic E-state index is -1.13. The number of aryl methyl sites for hydroxylation is 1. The molecule has 5 nitrogen and oxygen atoms in total. The van der Waals surface area contributed by atoms with Crippen molar-refractivity contribution < 1.29 is 14.1 Å². The van der Waals surface area contributed by atoms with Crippen molar-refractivity contribution >= 4 is 27.5 Å². The number of hydrogen-bond donors (Lipinski definition) is 1. The maximum Gasteiger partial charge on any atom is 0.307 e. The Morgan fingerprint density at radius 2 is 1.65 bits per heavy atom. The second-order valence-corrected chi connectivity index (χ2v) is 9.14. The van der Waals surface area contributed by atoms with Crippen LogP contribution in [0.15, 0.2) is 71.6 Å². The molecule has 0 aliphatic heterocycles. The van der Waals surface area contributed by atoms with Crippen LogP contribution in [0.3, 0.4) is 0 Å². The van der Waals surface area contributed by atoms with Gasteiger partial charge < -0.3 is 5.11 Å². The lowest BCUT2D eigenvalue weighted by Gasteiger charge is -2.08. The third-order valence-corrected chi connectivity index (χ3v) is 6.88. The Hall–Kier alpha value is -3.25. The van der Waals surface area contributed by atoms with Crippen molar-refractivity contribution in [2.45, 2.75) is 37.5 Å². The first-order valence-corrected chi connectivity index (χ1v) is 11.4. The van der Waals surface area contributed by atoms with Gasteiger partial charge in [0.25, 0.3) is 0 Å². The normalized spacial score (nSPS) is 12.2. The summed E-state index contributed by atoms with van der Waals surface area (Å²) in [7, 11) is -1.13. The molecule has 1 unspecified atom stereocenters. The van der Waals surface area contributed by atoms with Crippen molar-refractivity contribution in [2.75, 3.05) is 0 Å². The van der Waals surface area contributed by atoms with E-state index in [0.717, 1.165) is 38.4 Å². The van der Waals surface area contributed by atoms with Gasteiger partial charge in [0.2, 0.25) is 0 Å². The molecule has 0 radical (unpaired) electrons. The van der Waals surface area contributed by atoms with E-state index in [0.29, 0.717) is 12.3 Å². The quantitative estimate of drug-likeness (QED) is 0.462. The molecule has 0 spiro atoms. The van der Waals surface area contributed by atoms with E-state index in [4.69, 9.17) is 5.11 Å². The van der Waals surface area contributed by atoms with Crippen LogP contribution in [0, 0.1) is 13.8 Å². The summed E-state index contributed by atoms with van der Waals surface area (Å²) < 4.78 is 14.7. The lowest BCUT2D eigenvalue weighted by molar-refractivity contribution is -0.136. The Labute approximate surface area is 183 Å². The van der Waals surface area contributed by atoms with Gasteiger partial charge in [-0.15, -0.1) is 0 Å². The fourth-order valence-electron chi connectivity index (χ4n) is 3.78. The standard InChI is InChI=1S/C25H24N2O3S/c1-17-24(14-25(28)29)18(2)27(26-17)15-19-8-11-23(12-9-19)31(30)16-20-7-10-21-5-3-4-6-22(21)13-20/h3-13H,14-16H2,1-2H3,(H,28,29). The lowest BCUT2D eigenvalue weighted by atomic mass is 10.1. The first kappa shape index (κ1) is 21.0. The second kappa shape index (κ2) is 8.86. The summed E-state index contributed by atoms with van der Waals surface area (Å²) in [5.74, 6) is -0.385. The molecule has 1 atom stereocenters. The molecule has 1 N–H and O–H groups in total. The van der Waals surface area contributed by atoms with Crippen molar-refractivity contribution in [1.82, 2.24) is 9.78 Å². The number of carboxylic acid groups (broad SMARTS) is 1. The van der Waals surface area contributed by atoms with Gasteiger partial charge in [0.05, 0.1) is 35.2 Å². The van der Waals surface area contributed by atoms with Gasteiger partial charge in [-0.25, -0.2) is 0 Å². The summed E-state index contributed by atoms with van der Waals surface area (Å²) in [4.78, 5) is 11.9. The van der Waals surface area contributed by atoms with Crippen LogP contribution in [0.2, 0.25) is 0 Å². The number of nitrogens with zero attached hydrogens (tertiary/aromatic N) is 2. The zero-order valence-corrected chi connectivity index (χ0v) is 18.4. The van der Waals surface area contributed by atoms with E-state index in [-0.39, 0.29) is 6.42 Å². The van der Waals surface area contributed by atoms with Crippen molar-refractivity contribution in [3.05, 3.63) is 94.8 Å². The summed E-state index contributed by atoms with van der Waals surface area (Å²) in [6, 6.07) is 22.1. The van der Waals surface area contributed by atoms with Gasteiger partial charge in [0.1, 0.15) is 0 Å². The molecule has 6 heteroatoms. The van der Waals surface area contributed by atoms with Crippen LogP contribution >= 0.6 is 0 Å². The summed E-state index contributed by atoms with van der Waals surface area (Å²) in [6.45, 7) is 4.27. The van der Waals surface area contributed by atoms with Crippen LogP contribution in [0.5, 0.6) is 0 Å². The summed E-state index contributed by atoms with van der Waals surface area (Å²) in [5.41, 5.74) is 4.45. The van der Waals surface area contributed by atoms with Crippen LogP contribution in [0.25, 0.3) is 10.8 Å². The van der Waals surface area contributed by atoms with E-state index in [1.807, 2.05) is 61.0 Å². The van der Waals surface area contributed by atoms with E-state index in [1.165, 1.54) is 5.39 Å². The van der Waals surface area contributed by atoms with Gasteiger partial charge in [0.15, 0.2) is 0 Å². The predicted octanol–water partition coefficient (Wildman–Crippen LogP) is 4.64. The first-order chi connectivity index (χ1) is 14.9. The van der Waals surface area contributed by atoms with Gasteiger partial charge in [-0.2, -0.15) is 5.10 Å². The molecule has 1 aromatic heterocycles. The smallest absolute Gasteiger partial charge is 0.307 e. The number of hydrogen-bond acceptors (Lipinski definition) is 3. The Morgan fingerprint density at radius 3 is 2.35 bits per heavy atom. The van der Waals surface area contributed by atoms with Gasteiger partial charge in [-0.3, -0.25) is 13.7 Å². The molecule has 1 heterocycles. The van der Waals surface area contributed by atoms with Crippen LogP contribution < -0.4 is 0 Å². The zero-order chi connectivity index (χ0) is 22.0.